The summed E-state index contributed by atoms with van der Waals surface area (Å²) in [6, 6.07) is 7.28. The molecule has 0 aliphatic carbocycles. The molecule has 0 saturated carbocycles. The second-order valence-corrected chi connectivity index (χ2v) is 5.00. The number of aliphatic hydroxyl groups excluding tert-OH is 1. The number of hydrogen-bond acceptors (Lipinski definition) is 4. The minimum absolute atomic E-state index is 0.159. The van der Waals surface area contributed by atoms with Gasteiger partial charge in [-0.1, -0.05) is 15.9 Å². The Balaban J connectivity index is 2.03. The Morgan fingerprint density at radius 3 is 2.55 bits per heavy atom. The van der Waals surface area contributed by atoms with Crippen LogP contribution in [0.2, 0.25) is 0 Å². The number of rotatable bonds is 10. The molecule has 1 atom stereocenters. The highest BCUT2D eigenvalue weighted by Gasteiger charge is 2.05. The average Bonchev–Trinajstić information content (AvgIpc) is 2.41. The standard InChI is InChI=1S/C13H18BrF2NO3/c14-10-1-3-12(4-2-10)20-8-11(18)7-17-5-6-19-9-13(15)16/h1-4,11,13,17-18H,5-9H2. The lowest BCUT2D eigenvalue weighted by atomic mass is 10.3. The highest BCUT2D eigenvalue weighted by molar-refractivity contribution is 9.10. The van der Waals surface area contributed by atoms with Crippen LogP contribution < -0.4 is 10.1 Å². The van der Waals surface area contributed by atoms with Crippen molar-refractivity contribution in [3.8, 4) is 5.75 Å². The van der Waals surface area contributed by atoms with Gasteiger partial charge in [0, 0.05) is 17.6 Å². The summed E-state index contributed by atoms with van der Waals surface area (Å²) in [5.41, 5.74) is 0. The molecule has 1 unspecified atom stereocenters. The summed E-state index contributed by atoms with van der Waals surface area (Å²) in [4.78, 5) is 0. The van der Waals surface area contributed by atoms with Crippen molar-refractivity contribution < 1.29 is 23.4 Å². The van der Waals surface area contributed by atoms with Gasteiger partial charge in [0.05, 0.1) is 6.61 Å². The second-order valence-electron chi connectivity index (χ2n) is 4.09. The number of ether oxygens (including phenoxy) is 2. The van der Waals surface area contributed by atoms with E-state index >= 15 is 0 Å². The van der Waals surface area contributed by atoms with Crippen molar-refractivity contribution in [3.05, 3.63) is 28.7 Å². The Kier molecular flexibility index (Phi) is 8.68. The highest BCUT2D eigenvalue weighted by atomic mass is 79.9. The van der Waals surface area contributed by atoms with Crippen LogP contribution in [-0.4, -0.2) is 50.5 Å². The van der Waals surface area contributed by atoms with E-state index in [4.69, 9.17) is 4.74 Å². The molecule has 2 N–H and O–H groups in total. The van der Waals surface area contributed by atoms with Gasteiger partial charge in [-0.25, -0.2) is 8.78 Å². The molecule has 0 aliphatic rings. The summed E-state index contributed by atoms with van der Waals surface area (Å²) in [5.74, 6) is 0.674. The van der Waals surface area contributed by atoms with Crippen LogP contribution in [-0.2, 0) is 4.74 Å². The molecular formula is C13H18BrF2NO3. The lowest BCUT2D eigenvalue weighted by Crippen LogP contribution is -2.33. The van der Waals surface area contributed by atoms with Gasteiger partial charge in [-0.15, -0.1) is 0 Å². The Morgan fingerprint density at radius 2 is 1.90 bits per heavy atom. The number of aliphatic hydroxyl groups is 1. The molecule has 7 heteroatoms. The molecule has 0 amide bonds. The summed E-state index contributed by atoms with van der Waals surface area (Å²) in [5, 5.41) is 12.5. The largest absolute Gasteiger partial charge is 0.491 e. The summed E-state index contributed by atoms with van der Waals surface area (Å²) in [6.07, 6.45) is -3.12. The van der Waals surface area contributed by atoms with Crippen LogP contribution in [0.4, 0.5) is 8.78 Å². The maximum Gasteiger partial charge on any atom is 0.261 e. The van der Waals surface area contributed by atoms with Gasteiger partial charge in [0.1, 0.15) is 25.1 Å². The minimum atomic E-state index is -2.44. The van der Waals surface area contributed by atoms with Gasteiger partial charge in [-0.05, 0) is 24.3 Å². The van der Waals surface area contributed by atoms with Gasteiger partial charge in [0.2, 0.25) is 0 Å². The SMILES string of the molecule is OC(CNCCOCC(F)F)COc1ccc(Br)cc1. The van der Waals surface area contributed by atoms with Crippen molar-refractivity contribution in [1.29, 1.82) is 0 Å². The van der Waals surface area contributed by atoms with Crippen LogP contribution in [0.5, 0.6) is 5.75 Å². The van der Waals surface area contributed by atoms with Gasteiger partial charge in [0.15, 0.2) is 0 Å². The van der Waals surface area contributed by atoms with Gasteiger partial charge in [-0.3, -0.25) is 0 Å². The lowest BCUT2D eigenvalue weighted by Gasteiger charge is -2.13. The molecule has 0 bridgehead atoms. The fourth-order valence-corrected chi connectivity index (χ4v) is 1.63. The van der Waals surface area contributed by atoms with E-state index in [0.717, 1.165) is 4.47 Å². The summed E-state index contributed by atoms with van der Waals surface area (Å²) < 4.78 is 34.5. The van der Waals surface area contributed by atoms with Crippen LogP contribution in [0.15, 0.2) is 28.7 Å². The van der Waals surface area contributed by atoms with Crippen molar-refractivity contribution >= 4 is 15.9 Å². The van der Waals surface area contributed by atoms with E-state index in [0.29, 0.717) is 18.8 Å². The topological polar surface area (TPSA) is 50.7 Å². The zero-order valence-corrected chi connectivity index (χ0v) is 12.5. The molecule has 0 spiro atoms. The van der Waals surface area contributed by atoms with Gasteiger partial charge in [-0.2, -0.15) is 0 Å². The molecule has 114 valence electrons. The third kappa shape index (κ3) is 8.42. The summed E-state index contributed by atoms with van der Waals surface area (Å²) >= 11 is 3.32. The van der Waals surface area contributed by atoms with Crippen molar-refractivity contribution in [2.24, 2.45) is 0 Å². The predicted molar refractivity (Wildman–Crippen MR) is 75.3 cm³/mol. The van der Waals surface area contributed by atoms with Crippen molar-refractivity contribution in [1.82, 2.24) is 5.32 Å². The predicted octanol–water partition coefficient (Wildman–Crippen LogP) is 2.06. The quantitative estimate of drug-likeness (QED) is 0.632. The third-order valence-electron chi connectivity index (χ3n) is 2.30. The van der Waals surface area contributed by atoms with Gasteiger partial charge in [0.25, 0.3) is 6.43 Å². The smallest absolute Gasteiger partial charge is 0.261 e. The molecule has 4 nitrogen and oxygen atoms in total. The average molecular weight is 354 g/mol. The highest BCUT2D eigenvalue weighted by Crippen LogP contribution is 2.16. The third-order valence-corrected chi connectivity index (χ3v) is 2.83. The van der Waals surface area contributed by atoms with Crippen LogP contribution >= 0.6 is 15.9 Å². The van der Waals surface area contributed by atoms with E-state index in [1.807, 2.05) is 12.1 Å². The van der Waals surface area contributed by atoms with E-state index in [9.17, 15) is 13.9 Å². The minimum Gasteiger partial charge on any atom is -0.491 e. The van der Waals surface area contributed by atoms with E-state index in [2.05, 4.69) is 26.0 Å². The molecule has 1 aromatic carbocycles. The summed E-state index contributed by atoms with van der Waals surface area (Å²) in [7, 11) is 0. The van der Waals surface area contributed by atoms with Crippen LogP contribution in [0.3, 0.4) is 0 Å². The Hall–Kier alpha value is -0.760. The first-order valence-corrected chi connectivity index (χ1v) is 7.00. The zero-order valence-electron chi connectivity index (χ0n) is 10.9. The van der Waals surface area contributed by atoms with Gasteiger partial charge >= 0.3 is 0 Å². The Bertz CT molecular complexity index is 365. The molecule has 0 aliphatic heterocycles. The Labute approximate surface area is 125 Å². The van der Waals surface area contributed by atoms with Crippen LogP contribution in [0.1, 0.15) is 0 Å². The maximum atomic E-state index is 11.8. The second kappa shape index (κ2) is 10.0. The molecule has 0 heterocycles. The number of halogens is 3. The fraction of sp³-hybridized carbons (Fsp3) is 0.538. The summed E-state index contributed by atoms with van der Waals surface area (Å²) in [6.45, 7) is 0.505. The van der Waals surface area contributed by atoms with Crippen molar-refractivity contribution in [3.63, 3.8) is 0 Å². The molecule has 20 heavy (non-hydrogen) atoms. The first-order valence-electron chi connectivity index (χ1n) is 6.21. The normalized spacial score (nSPS) is 12.7. The molecule has 0 fully saturated rings. The van der Waals surface area contributed by atoms with E-state index < -0.39 is 19.1 Å². The monoisotopic (exact) mass is 353 g/mol. The zero-order chi connectivity index (χ0) is 14.8. The molecular weight excluding hydrogens is 336 g/mol. The van der Waals surface area contributed by atoms with Crippen LogP contribution in [0.25, 0.3) is 0 Å². The number of alkyl halides is 2. The molecule has 0 radical (unpaired) electrons. The van der Waals surface area contributed by atoms with Gasteiger partial charge < -0.3 is 19.9 Å². The van der Waals surface area contributed by atoms with E-state index in [1.165, 1.54) is 0 Å². The maximum absolute atomic E-state index is 11.8. The fourth-order valence-electron chi connectivity index (χ4n) is 1.37. The lowest BCUT2D eigenvalue weighted by molar-refractivity contribution is 0.0177. The molecule has 0 aromatic heterocycles. The Morgan fingerprint density at radius 1 is 1.20 bits per heavy atom. The van der Waals surface area contributed by atoms with Crippen molar-refractivity contribution in [2.75, 3.05) is 32.9 Å². The first-order chi connectivity index (χ1) is 9.58. The van der Waals surface area contributed by atoms with Crippen LogP contribution in [0, 0.1) is 0 Å². The van der Waals surface area contributed by atoms with E-state index in [1.54, 1.807) is 12.1 Å². The van der Waals surface area contributed by atoms with E-state index in [-0.39, 0.29) is 13.2 Å². The number of nitrogens with one attached hydrogen (secondary N) is 1. The van der Waals surface area contributed by atoms with Crippen molar-refractivity contribution in [2.45, 2.75) is 12.5 Å². The first kappa shape index (κ1) is 17.3. The molecule has 1 aromatic rings. The molecule has 0 saturated heterocycles. The number of benzene rings is 1. The number of hydrogen-bond donors (Lipinski definition) is 2. The molecule has 1 rings (SSSR count).